The molecule has 3 heteroatoms. The van der Waals surface area contributed by atoms with Gasteiger partial charge in [0, 0.05) is 0 Å². The first-order valence-corrected chi connectivity index (χ1v) is 9.07. The highest BCUT2D eigenvalue weighted by atomic mass is 79.9. The van der Waals surface area contributed by atoms with E-state index in [1.807, 2.05) is 20.8 Å². The number of hydrogen-bond donors (Lipinski definition) is 0. The minimum atomic E-state index is -0.570. The Morgan fingerprint density at radius 2 is 1.45 bits per heavy atom. The van der Waals surface area contributed by atoms with Gasteiger partial charge in [0.05, 0.1) is 6.10 Å². The molecule has 0 saturated heterocycles. The van der Waals surface area contributed by atoms with Crippen molar-refractivity contribution in [1.82, 2.24) is 0 Å². The second-order valence-electron chi connectivity index (χ2n) is 6.31. The summed E-state index contributed by atoms with van der Waals surface area (Å²) in [5, 5.41) is 0. The van der Waals surface area contributed by atoms with Crippen LogP contribution in [0.1, 0.15) is 91.9 Å². The molecule has 0 bridgehead atoms. The van der Waals surface area contributed by atoms with Gasteiger partial charge in [-0.2, -0.15) is 0 Å². The fourth-order valence-corrected chi connectivity index (χ4v) is 2.22. The molecule has 0 aromatic heterocycles. The monoisotopic (exact) mass is 348 g/mol. The van der Waals surface area contributed by atoms with Gasteiger partial charge in [0.25, 0.3) is 0 Å². The molecular weight excluding hydrogens is 316 g/mol. The number of carbonyl (C=O) groups excluding carboxylic acids is 1. The van der Waals surface area contributed by atoms with Gasteiger partial charge >= 0.3 is 5.97 Å². The molecule has 0 radical (unpaired) electrons. The minimum Gasteiger partial charge on any atom is -0.462 e. The molecule has 20 heavy (non-hydrogen) atoms. The van der Waals surface area contributed by atoms with Gasteiger partial charge in [0.2, 0.25) is 0 Å². The Balaban J connectivity index is 3.40. The van der Waals surface area contributed by atoms with E-state index in [1.165, 1.54) is 51.4 Å². The van der Waals surface area contributed by atoms with Gasteiger partial charge in [-0.25, -0.2) is 0 Å². The van der Waals surface area contributed by atoms with E-state index in [4.69, 9.17) is 4.74 Å². The molecule has 0 saturated carbocycles. The molecular formula is C17H33BrO2. The Morgan fingerprint density at radius 3 is 1.90 bits per heavy atom. The number of hydrogen-bond acceptors (Lipinski definition) is 2. The molecule has 2 nitrogen and oxygen atoms in total. The average Bonchev–Trinajstić information content (AvgIpc) is 2.35. The van der Waals surface area contributed by atoms with Crippen LogP contribution in [-0.4, -0.2) is 16.4 Å². The Bertz CT molecular complexity index is 246. The van der Waals surface area contributed by atoms with Crippen LogP contribution in [0.2, 0.25) is 0 Å². The maximum Gasteiger partial charge on any atom is 0.322 e. The summed E-state index contributed by atoms with van der Waals surface area (Å²) >= 11 is 3.33. The molecule has 0 aromatic carbocycles. The topological polar surface area (TPSA) is 26.3 Å². The minimum absolute atomic E-state index is 0.0314. The highest BCUT2D eigenvalue weighted by molar-refractivity contribution is 9.10. The van der Waals surface area contributed by atoms with Gasteiger partial charge in [0.1, 0.15) is 4.32 Å². The third-order valence-electron chi connectivity index (χ3n) is 3.51. The lowest BCUT2D eigenvalue weighted by atomic mass is 10.1. The molecule has 0 spiro atoms. The van der Waals surface area contributed by atoms with Crippen LogP contribution in [0.15, 0.2) is 0 Å². The van der Waals surface area contributed by atoms with E-state index in [2.05, 4.69) is 22.9 Å². The van der Waals surface area contributed by atoms with Gasteiger partial charge in [-0.1, -0.05) is 74.2 Å². The first kappa shape index (κ1) is 19.9. The lowest BCUT2D eigenvalue weighted by Crippen LogP contribution is -2.29. The number of unbranched alkanes of at least 4 members (excludes halogenated alkanes) is 8. The van der Waals surface area contributed by atoms with Gasteiger partial charge in [-0.3, -0.25) is 4.79 Å². The SMILES string of the molecule is CCCCCCCCCCCC(C)OC(=O)C(C)(C)Br. The molecule has 0 aliphatic rings. The maximum absolute atomic E-state index is 11.7. The van der Waals surface area contributed by atoms with Crippen LogP contribution >= 0.6 is 15.9 Å². The van der Waals surface area contributed by atoms with Crippen molar-refractivity contribution in [3.8, 4) is 0 Å². The fraction of sp³-hybridized carbons (Fsp3) is 0.941. The largest absolute Gasteiger partial charge is 0.462 e. The van der Waals surface area contributed by atoms with Crippen molar-refractivity contribution >= 4 is 21.9 Å². The Kier molecular flexibility index (Phi) is 11.6. The first-order valence-electron chi connectivity index (χ1n) is 8.28. The summed E-state index contributed by atoms with van der Waals surface area (Å²) in [5.41, 5.74) is 0. The summed E-state index contributed by atoms with van der Waals surface area (Å²) in [5.74, 6) is -0.166. The van der Waals surface area contributed by atoms with Crippen LogP contribution in [0.3, 0.4) is 0 Å². The first-order chi connectivity index (χ1) is 9.38. The summed E-state index contributed by atoms with van der Waals surface area (Å²) < 4.78 is 4.83. The predicted molar refractivity (Wildman–Crippen MR) is 90.4 cm³/mol. The molecule has 0 amide bonds. The van der Waals surface area contributed by atoms with Crippen LogP contribution < -0.4 is 0 Å². The highest BCUT2D eigenvalue weighted by Gasteiger charge is 2.26. The van der Waals surface area contributed by atoms with Crippen LogP contribution in [0.4, 0.5) is 0 Å². The quantitative estimate of drug-likeness (QED) is 0.245. The fourth-order valence-electron chi connectivity index (χ4n) is 2.12. The number of alkyl halides is 1. The highest BCUT2D eigenvalue weighted by Crippen LogP contribution is 2.20. The van der Waals surface area contributed by atoms with Gasteiger partial charge < -0.3 is 4.74 Å². The Morgan fingerprint density at radius 1 is 1.00 bits per heavy atom. The average molecular weight is 349 g/mol. The van der Waals surface area contributed by atoms with Crippen molar-refractivity contribution in [3.63, 3.8) is 0 Å². The molecule has 0 aliphatic carbocycles. The standard InChI is InChI=1S/C17H33BrO2/c1-5-6-7-8-9-10-11-12-13-14-15(2)20-16(19)17(3,4)18/h15H,5-14H2,1-4H3. The van der Waals surface area contributed by atoms with Crippen LogP contribution in [0, 0.1) is 0 Å². The van der Waals surface area contributed by atoms with Crippen LogP contribution in [0.5, 0.6) is 0 Å². The van der Waals surface area contributed by atoms with Crippen molar-refractivity contribution in [3.05, 3.63) is 0 Å². The molecule has 0 aliphatic heterocycles. The summed E-state index contributed by atoms with van der Waals surface area (Å²) in [4.78, 5) is 11.7. The predicted octanol–water partition coefficient (Wildman–Crippen LogP) is 6.01. The molecule has 0 fully saturated rings. The number of rotatable bonds is 12. The normalized spacial score (nSPS) is 13.2. The summed E-state index contributed by atoms with van der Waals surface area (Å²) in [6.07, 6.45) is 13.0. The number of carbonyl (C=O) groups is 1. The lowest BCUT2D eigenvalue weighted by Gasteiger charge is -2.19. The second kappa shape index (κ2) is 11.6. The van der Waals surface area contributed by atoms with Gasteiger partial charge in [0.15, 0.2) is 0 Å². The third kappa shape index (κ3) is 11.7. The van der Waals surface area contributed by atoms with E-state index >= 15 is 0 Å². The smallest absolute Gasteiger partial charge is 0.322 e. The maximum atomic E-state index is 11.7. The number of esters is 1. The molecule has 1 atom stereocenters. The second-order valence-corrected chi connectivity index (χ2v) is 8.29. The van der Waals surface area contributed by atoms with E-state index in [1.54, 1.807) is 0 Å². The van der Waals surface area contributed by atoms with Crippen molar-refractivity contribution in [1.29, 1.82) is 0 Å². The van der Waals surface area contributed by atoms with E-state index < -0.39 is 4.32 Å². The Hall–Kier alpha value is -0.0500. The molecule has 0 aromatic rings. The molecule has 0 N–H and O–H groups in total. The zero-order valence-corrected chi connectivity index (χ0v) is 15.4. The number of ether oxygens (including phenoxy) is 1. The Labute approximate surface area is 134 Å². The van der Waals surface area contributed by atoms with Crippen molar-refractivity contribution in [2.75, 3.05) is 0 Å². The lowest BCUT2D eigenvalue weighted by molar-refractivity contribution is -0.150. The number of halogens is 1. The van der Waals surface area contributed by atoms with Gasteiger partial charge in [-0.15, -0.1) is 0 Å². The van der Waals surface area contributed by atoms with Crippen LogP contribution in [0.25, 0.3) is 0 Å². The molecule has 1 unspecified atom stereocenters. The van der Waals surface area contributed by atoms with Crippen molar-refractivity contribution in [2.24, 2.45) is 0 Å². The summed E-state index contributed by atoms with van der Waals surface area (Å²) in [7, 11) is 0. The van der Waals surface area contributed by atoms with E-state index in [9.17, 15) is 4.79 Å². The third-order valence-corrected chi connectivity index (χ3v) is 3.83. The molecule has 0 heterocycles. The zero-order chi connectivity index (χ0) is 15.4. The van der Waals surface area contributed by atoms with Gasteiger partial charge in [-0.05, 0) is 33.6 Å². The molecule has 0 rings (SSSR count). The van der Waals surface area contributed by atoms with E-state index in [0.29, 0.717) is 0 Å². The van der Waals surface area contributed by atoms with Crippen molar-refractivity contribution in [2.45, 2.75) is 102 Å². The summed E-state index contributed by atoms with van der Waals surface area (Å²) in [6, 6.07) is 0. The van der Waals surface area contributed by atoms with Crippen LogP contribution in [-0.2, 0) is 9.53 Å². The zero-order valence-electron chi connectivity index (χ0n) is 13.8. The van der Waals surface area contributed by atoms with Crippen molar-refractivity contribution < 1.29 is 9.53 Å². The summed E-state index contributed by atoms with van der Waals surface area (Å²) in [6.45, 7) is 7.88. The van der Waals surface area contributed by atoms with E-state index in [-0.39, 0.29) is 12.1 Å². The molecule has 120 valence electrons. The van der Waals surface area contributed by atoms with E-state index in [0.717, 1.165) is 12.8 Å².